The summed E-state index contributed by atoms with van der Waals surface area (Å²) in [5.74, 6) is -1.62. The third-order valence-electron chi connectivity index (χ3n) is 1.73. The molecule has 84 valence electrons. The fourth-order valence-electron chi connectivity index (χ4n) is 0.820. The van der Waals surface area contributed by atoms with Crippen molar-refractivity contribution in [1.29, 1.82) is 0 Å². The van der Waals surface area contributed by atoms with Crippen LogP contribution in [0.3, 0.4) is 0 Å². The molecule has 0 fully saturated rings. The van der Waals surface area contributed by atoms with Gasteiger partial charge < -0.3 is 30.6 Å². The number of hydrogen-bond donors (Lipinski definition) is 6. The maximum absolute atomic E-state index is 10.2. The molecule has 0 radical (unpaired) electrons. The summed E-state index contributed by atoms with van der Waals surface area (Å²) in [7, 11) is 0. The number of rotatable bonds is 6. The molecule has 0 saturated carbocycles. The summed E-state index contributed by atoms with van der Waals surface area (Å²) < 4.78 is 0. The van der Waals surface area contributed by atoms with E-state index in [1.54, 1.807) is 0 Å². The maximum atomic E-state index is 10.2. The third-order valence-corrected chi connectivity index (χ3v) is 1.73. The zero-order valence-electron chi connectivity index (χ0n) is 7.32. The molecule has 0 aromatic carbocycles. The minimum atomic E-state index is -2.02. The first kappa shape index (κ1) is 13.3. The summed E-state index contributed by atoms with van der Waals surface area (Å²) >= 11 is 0. The molecule has 0 aromatic heterocycles. The first-order chi connectivity index (χ1) is 6.40. The Hall–Kier alpha value is -0.730. The highest BCUT2D eigenvalue weighted by Gasteiger charge is 2.28. The molecule has 4 unspecified atom stereocenters. The lowest BCUT2D eigenvalue weighted by Crippen LogP contribution is -2.40. The van der Waals surface area contributed by atoms with Crippen LogP contribution in [-0.4, -0.2) is 67.6 Å². The molecule has 0 saturated heterocycles. The van der Waals surface area contributed by atoms with Gasteiger partial charge in [-0.1, -0.05) is 0 Å². The van der Waals surface area contributed by atoms with Crippen LogP contribution in [0.15, 0.2) is 0 Å². The number of carbonyl (C=O) groups is 1. The fraction of sp³-hybridized carbons (Fsp3) is 0.857. The molecule has 0 amide bonds. The van der Waals surface area contributed by atoms with Gasteiger partial charge in [-0.15, -0.1) is 0 Å². The maximum Gasteiger partial charge on any atom is 0.335 e. The van der Waals surface area contributed by atoms with Crippen molar-refractivity contribution in [3.8, 4) is 0 Å². The van der Waals surface area contributed by atoms with E-state index in [2.05, 4.69) is 0 Å². The molecule has 0 rings (SSSR count). The number of aliphatic carboxylic acids is 1. The predicted octanol–water partition coefficient (Wildman–Crippen LogP) is -3.10. The van der Waals surface area contributed by atoms with Crippen LogP contribution >= 0.6 is 0 Å². The average Bonchev–Trinajstić information content (AvgIpc) is 2.14. The Kier molecular flexibility index (Phi) is 5.58. The topological polar surface area (TPSA) is 138 Å². The van der Waals surface area contributed by atoms with Gasteiger partial charge in [-0.2, -0.15) is 0 Å². The van der Waals surface area contributed by atoms with Crippen molar-refractivity contribution in [2.45, 2.75) is 30.8 Å². The molecule has 7 nitrogen and oxygen atoms in total. The molecular formula is C7H14O7. The van der Waals surface area contributed by atoms with Crippen LogP contribution in [0.1, 0.15) is 6.42 Å². The Morgan fingerprint density at radius 3 is 1.86 bits per heavy atom. The van der Waals surface area contributed by atoms with Crippen molar-refractivity contribution in [2.24, 2.45) is 0 Å². The number of carboxylic acids is 1. The van der Waals surface area contributed by atoms with Gasteiger partial charge in [-0.3, -0.25) is 0 Å². The van der Waals surface area contributed by atoms with E-state index in [0.29, 0.717) is 0 Å². The molecule has 7 heteroatoms. The van der Waals surface area contributed by atoms with E-state index in [4.69, 9.17) is 30.6 Å². The van der Waals surface area contributed by atoms with E-state index in [-0.39, 0.29) is 0 Å². The lowest BCUT2D eigenvalue weighted by molar-refractivity contribution is -0.154. The zero-order chi connectivity index (χ0) is 11.3. The summed E-state index contributed by atoms with van der Waals surface area (Å²) in [5, 5.41) is 52.4. The predicted molar refractivity (Wildman–Crippen MR) is 43.4 cm³/mol. The molecule has 0 bridgehead atoms. The van der Waals surface area contributed by atoms with Gasteiger partial charge in [0.15, 0.2) is 6.10 Å². The van der Waals surface area contributed by atoms with Gasteiger partial charge in [0.05, 0.1) is 18.8 Å². The molecule has 0 spiro atoms. The highest BCUT2D eigenvalue weighted by atomic mass is 16.4. The van der Waals surface area contributed by atoms with E-state index >= 15 is 0 Å². The first-order valence-corrected chi connectivity index (χ1v) is 3.96. The van der Waals surface area contributed by atoms with Crippen molar-refractivity contribution in [3.63, 3.8) is 0 Å². The summed E-state index contributed by atoms with van der Waals surface area (Å²) in [6.45, 7) is -0.711. The molecule has 0 aliphatic rings. The Balaban J connectivity index is 4.04. The summed E-state index contributed by atoms with van der Waals surface area (Å²) in [6, 6.07) is 0. The smallest absolute Gasteiger partial charge is 0.335 e. The normalized spacial score (nSPS) is 19.8. The van der Waals surface area contributed by atoms with Crippen LogP contribution in [0, 0.1) is 0 Å². The number of aliphatic hydroxyl groups is 5. The molecular weight excluding hydrogens is 196 g/mol. The van der Waals surface area contributed by atoms with Gasteiger partial charge in [0.25, 0.3) is 0 Å². The summed E-state index contributed by atoms with van der Waals surface area (Å²) in [6.07, 6.45) is -7.19. The Labute approximate surface area is 79.9 Å². The van der Waals surface area contributed by atoms with Gasteiger partial charge in [0.1, 0.15) is 6.10 Å². The lowest BCUT2D eigenvalue weighted by atomic mass is 10.0. The first-order valence-electron chi connectivity index (χ1n) is 3.96. The zero-order valence-corrected chi connectivity index (χ0v) is 7.32. The monoisotopic (exact) mass is 210 g/mol. The van der Waals surface area contributed by atoms with Crippen molar-refractivity contribution < 1.29 is 35.4 Å². The Morgan fingerprint density at radius 1 is 1.00 bits per heavy atom. The molecule has 4 atom stereocenters. The average molecular weight is 210 g/mol. The Bertz CT molecular complexity index is 183. The van der Waals surface area contributed by atoms with Gasteiger partial charge in [-0.25, -0.2) is 4.79 Å². The summed E-state index contributed by atoms with van der Waals surface area (Å²) in [4.78, 5) is 10.2. The Morgan fingerprint density at radius 2 is 1.50 bits per heavy atom. The second kappa shape index (κ2) is 5.89. The highest BCUT2D eigenvalue weighted by molar-refractivity contribution is 5.72. The molecule has 0 aromatic rings. The van der Waals surface area contributed by atoms with Crippen molar-refractivity contribution in [2.75, 3.05) is 6.61 Å². The van der Waals surface area contributed by atoms with Crippen molar-refractivity contribution in [1.82, 2.24) is 0 Å². The minimum Gasteiger partial charge on any atom is -0.479 e. The second-order valence-corrected chi connectivity index (χ2v) is 2.90. The van der Waals surface area contributed by atoms with Crippen LogP contribution in [0.5, 0.6) is 0 Å². The van der Waals surface area contributed by atoms with Crippen LogP contribution in [0.2, 0.25) is 0 Å². The van der Waals surface area contributed by atoms with Crippen LogP contribution in [-0.2, 0) is 4.79 Å². The van der Waals surface area contributed by atoms with Crippen molar-refractivity contribution >= 4 is 5.97 Å². The SMILES string of the molecule is O=C(O)C(O)C(O)CC(O)C(O)CO. The number of aliphatic hydroxyl groups excluding tert-OH is 5. The van der Waals surface area contributed by atoms with E-state index in [1.165, 1.54) is 0 Å². The fourth-order valence-corrected chi connectivity index (χ4v) is 0.820. The van der Waals surface area contributed by atoms with E-state index in [9.17, 15) is 4.79 Å². The molecule has 0 aliphatic carbocycles. The van der Waals surface area contributed by atoms with E-state index in [1.807, 2.05) is 0 Å². The quantitative estimate of drug-likeness (QED) is 0.273. The second-order valence-electron chi connectivity index (χ2n) is 2.90. The number of carboxylic acid groups (broad SMARTS) is 1. The molecule has 0 aliphatic heterocycles. The molecule has 6 N–H and O–H groups in total. The lowest BCUT2D eigenvalue weighted by Gasteiger charge is -2.20. The minimum absolute atomic E-state index is 0.533. The van der Waals surface area contributed by atoms with Crippen LogP contribution in [0.4, 0.5) is 0 Å². The van der Waals surface area contributed by atoms with Gasteiger partial charge in [0, 0.05) is 6.42 Å². The summed E-state index contributed by atoms with van der Waals surface area (Å²) in [5.41, 5.74) is 0. The van der Waals surface area contributed by atoms with E-state index < -0.39 is 43.4 Å². The van der Waals surface area contributed by atoms with Gasteiger partial charge in [-0.05, 0) is 0 Å². The largest absolute Gasteiger partial charge is 0.479 e. The molecule has 0 heterocycles. The van der Waals surface area contributed by atoms with Gasteiger partial charge in [0.2, 0.25) is 0 Å². The van der Waals surface area contributed by atoms with Crippen LogP contribution in [0.25, 0.3) is 0 Å². The van der Waals surface area contributed by atoms with E-state index in [0.717, 1.165) is 0 Å². The third kappa shape index (κ3) is 3.99. The van der Waals surface area contributed by atoms with Crippen LogP contribution < -0.4 is 0 Å². The molecule has 14 heavy (non-hydrogen) atoms. The highest BCUT2D eigenvalue weighted by Crippen LogP contribution is 2.06. The number of hydrogen-bond acceptors (Lipinski definition) is 6. The van der Waals surface area contributed by atoms with Gasteiger partial charge >= 0.3 is 5.97 Å². The van der Waals surface area contributed by atoms with Crippen molar-refractivity contribution in [3.05, 3.63) is 0 Å². The standard InChI is InChI=1S/C7H14O7/c8-2-5(11)3(9)1-4(10)6(12)7(13)14/h3-6,8-12H,1-2H2,(H,13,14).